The summed E-state index contributed by atoms with van der Waals surface area (Å²) in [6, 6.07) is 15.6. The van der Waals surface area contributed by atoms with Crippen LogP contribution in [-0.2, 0) is 16.1 Å². The molecule has 0 aliphatic heterocycles. The van der Waals surface area contributed by atoms with Gasteiger partial charge in [0.05, 0.1) is 12.8 Å². The van der Waals surface area contributed by atoms with E-state index in [4.69, 9.17) is 4.74 Å². The molecular weight excluding hydrogens is 494 g/mol. The molecule has 4 rings (SSSR count). The molecule has 10 nitrogen and oxygen atoms in total. The fourth-order valence-corrected chi connectivity index (χ4v) is 4.13. The zero-order valence-corrected chi connectivity index (χ0v) is 23.0. The van der Waals surface area contributed by atoms with E-state index in [2.05, 4.69) is 25.7 Å². The number of hydrogen-bond acceptors (Lipinski definition) is 7. The lowest BCUT2D eigenvalue weighted by molar-refractivity contribution is -0.128. The Morgan fingerprint density at radius 1 is 1.00 bits per heavy atom. The van der Waals surface area contributed by atoms with Gasteiger partial charge in [-0.2, -0.15) is 4.80 Å². The van der Waals surface area contributed by atoms with Crippen LogP contribution in [0.5, 0.6) is 5.75 Å². The van der Waals surface area contributed by atoms with Crippen molar-refractivity contribution in [3.8, 4) is 17.1 Å². The molecule has 0 saturated carbocycles. The van der Waals surface area contributed by atoms with E-state index in [0.29, 0.717) is 22.8 Å². The van der Waals surface area contributed by atoms with Crippen LogP contribution in [0.15, 0.2) is 67.0 Å². The van der Waals surface area contributed by atoms with Crippen molar-refractivity contribution in [2.75, 3.05) is 12.0 Å². The Balaban J connectivity index is 1.79. The number of rotatable bonds is 8. The first-order chi connectivity index (χ1) is 18.6. The lowest BCUT2D eigenvalue weighted by Crippen LogP contribution is -2.50. The third-order valence-corrected chi connectivity index (χ3v) is 5.93. The molecule has 1 N–H and O–H groups in total. The van der Waals surface area contributed by atoms with Gasteiger partial charge in [0.1, 0.15) is 18.3 Å². The first-order valence-electron chi connectivity index (χ1n) is 12.6. The third kappa shape index (κ3) is 6.64. The molecule has 4 aromatic rings. The summed E-state index contributed by atoms with van der Waals surface area (Å²) in [5.74, 6) is 0.0808. The lowest BCUT2D eigenvalue weighted by atomic mass is 10.0. The molecule has 0 unspecified atom stereocenters. The fourth-order valence-electron chi connectivity index (χ4n) is 4.13. The van der Waals surface area contributed by atoms with E-state index in [0.717, 1.165) is 16.7 Å². The quantitative estimate of drug-likeness (QED) is 0.368. The highest BCUT2D eigenvalue weighted by Gasteiger charge is 2.36. The largest absolute Gasteiger partial charge is 0.495 e. The number of aryl methyl sites for hydroxylation is 2. The highest BCUT2D eigenvalue weighted by molar-refractivity contribution is 6.02. The van der Waals surface area contributed by atoms with Crippen molar-refractivity contribution in [2.45, 2.75) is 52.7 Å². The second-order valence-electron chi connectivity index (χ2n) is 10.4. The van der Waals surface area contributed by atoms with Crippen molar-refractivity contribution in [1.82, 2.24) is 30.5 Å². The van der Waals surface area contributed by atoms with Crippen LogP contribution >= 0.6 is 0 Å². The molecule has 2 amide bonds. The zero-order valence-electron chi connectivity index (χ0n) is 23.0. The van der Waals surface area contributed by atoms with Gasteiger partial charge in [-0.25, -0.2) is 0 Å². The van der Waals surface area contributed by atoms with Crippen molar-refractivity contribution >= 4 is 17.5 Å². The van der Waals surface area contributed by atoms with Crippen molar-refractivity contribution < 1.29 is 14.3 Å². The molecule has 0 spiro atoms. The molecule has 0 bridgehead atoms. The van der Waals surface area contributed by atoms with Gasteiger partial charge < -0.3 is 10.1 Å². The number of nitrogens with one attached hydrogen (secondary N) is 1. The number of tetrazole rings is 1. The summed E-state index contributed by atoms with van der Waals surface area (Å²) in [5.41, 5.74) is 3.30. The Labute approximate surface area is 228 Å². The minimum absolute atomic E-state index is 0.250. The van der Waals surface area contributed by atoms with Gasteiger partial charge >= 0.3 is 0 Å². The second kappa shape index (κ2) is 11.4. The van der Waals surface area contributed by atoms with Gasteiger partial charge in [0.2, 0.25) is 11.7 Å². The van der Waals surface area contributed by atoms with Gasteiger partial charge in [-0.1, -0.05) is 35.9 Å². The van der Waals surface area contributed by atoms with Crippen molar-refractivity contribution in [2.24, 2.45) is 0 Å². The van der Waals surface area contributed by atoms with Gasteiger partial charge in [-0.15, -0.1) is 10.2 Å². The SMILES string of the molecule is COc1ccc(C)cc1N(C(=O)Cn1nnc(-c2ccc(C)cc2)n1)[C@H](C(=O)NC(C)(C)C)c1ccncc1. The number of anilines is 1. The number of hydrogen-bond donors (Lipinski definition) is 1. The van der Waals surface area contributed by atoms with Crippen molar-refractivity contribution in [3.63, 3.8) is 0 Å². The Kier molecular flexibility index (Phi) is 8.04. The number of nitrogens with zero attached hydrogens (tertiary/aromatic N) is 6. The normalized spacial score (nSPS) is 12.1. The molecule has 10 heteroatoms. The monoisotopic (exact) mass is 527 g/mol. The van der Waals surface area contributed by atoms with Crippen LogP contribution in [0.2, 0.25) is 0 Å². The number of methoxy groups -OCH3 is 1. The van der Waals surface area contributed by atoms with E-state index in [1.165, 1.54) is 16.8 Å². The van der Waals surface area contributed by atoms with Crippen LogP contribution in [0.1, 0.15) is 43.5 Å². The van der Waals surface area contributed by atoms with E-state index >= 15 is 0 Å². The summed E-state index contributed by atoms with van der Waals surface area (Å²) < 4.78 is 5.63. The lowest BCUT2D eigenvalue weighted by Gasteiger charge is -2.34. The number of benzene rings is 2. The van der Waals surface area contributed by atoms with Crippen molar-refractivity contribution in [1.29, 1.82) is 0 Å². The predicted octanol–water partition coefficient (Wildman–Crippen LogP) is 4.05. The first kappa shape index (κ1) is 27.4. The second-order valence-corrected chi connectivity index (χ2v) is 10.4. The smallest absolute Gasteiger partial charge is 0.251 e. The Hall–Kier alpha value is -4.60. The molecule has 0 aliphatic carbocycles. The summed E-state index contributed by atoms with van der Waals surface area (Å²) in [4.78, 5) is 34.7. The van der Waals surface area contributed by atoms with Crippen LogP contribution in [-0.4, -0.2) is 49.7 Å². The number of ether oxygens (including phenoxy) is 1. The minimum atomic E-state index is -1.02. The van der Waals surface area contributed by atoms with E-state index in [1.54, 1.807) is 30.6 Å². The Morgan fingerprint density at radius 2 is 1.67 bits per heavy atom. The molecule has 0 saturated heterocycles. The molecule has 2 aromatic carbocycles. The molecule has 0 fully saturated rings. The Bertz CT molecular complexity index is 1440. The predicted molar refractivity (Wildman–Crippen MR) is 148 cm³/mol. The molecule has 2 heterocycles. The highest BCUT2D eigenvalue weighted by atomic mass is 16.5. The average molecular weight is 528 g/mol. The number of carbonyl (C=O) groups is 2. The maximum absolute atomic E-state index is 14.1. The molecule has 0 aliphatic rings. The van der Waals surface area contributed by atoms with Crippen LogP contribution in [0.25, 0.3) is 11.4 Å². The van der Waals surface area contributed by atoms with E-state index in [1.807, 2.05) is 71.0 Å². The number of pyridine rings is 1. The van der Waals surface area contributed by atoms with Gasteiger partial charge in [0.25, 0.3) is 5.91 Å². The summed E-state index contributed by atoms with van der Waals surface area (Å²) in [5, 5.41) is 15.7. The summed E-state index contributed by atoms with van der Waals surface area (Å²) in [6.07, 6.45) is 3.19. The van der Waals surface area contributed by atoms with Crippen LogP contribution in [0.4, 0.5) is 5.69 Å². The highest BCUT2D eigenvalue weighted by Crippen LogP contribution is 2.36. The third-order valence-electron chi connectivity index (χ3n) is 5.93. The number of carbonyl (C=O) groups excluding carboxylic acids is 2. The van der Waals surface area contributed by atoms with Crippen LogP contribution < -0.4 is 15.0 Å². The zero-order chi connectivity index (χ0) is 28.2. The number of aromatic nitrogens is 5. The van der Waals surface area contributed by atoms with Gasteiger partial charge in [0.15, 0.2) is 0 Å². The molecule has 0 radical (unpaired) electrons. The molecule has 39 heavy (non-hydrogen) atoms. The topological polar surface area (TPSA) is 115 Å². The van der Waals surface area contributed by atoms with E-state index < -0.39 is 17.5 Å². The summed E-state index contributed by atoms with van der Waals surface area (Å²) in [6.45, 7) is 9.32. The van der Waals surface area contributed by atoms with Gasteiger partial charge in [-0.3, -0.25) is 19.5 Å². The first-order valence-corrected chi connectivity index (χ1v) is 12.6. The molecule has 1 atom stereocenters. The van der Waals surface area contributed by atoms with E-state index in [-0.39, 0.29) is 12.5 Å². The van der Waals surface area contributed by atoms with E-state index in [9.17, 15) is 9.59 Å². The Morgan fingerprint density at radius 3 is 2.31 bits per heavy atom. The average Bonchev–Trinajstić information content (AvgIpc) is 3.35. The van der Waals surface area contributed by atoms with Gasteiger partial charge in [0, 0.05) is 23.5 Å². The van der Waals surface area contributed by atoms with Crippen LogP contribution in [0.3, 0.4) is 0 Å². The summed E-state index contributed by atoms with van der Waals surface area (Å²) >= 11 is 0. The maximum atomic E-state index is 14.1. The maximum Gasteiger partial charge on any atom is 0.251 e. The summed E-state index contributed by atoms with van der Waals surface area (Å²) in [7, 11) is 1.53. The molecular formula is C29H33N7O3. The van der Waals surface area contributed by atoms with Crippen LogP contribution in [0, 0.1) is 13.8 Å². The standard InChI is InChI=1S/C29H33N7O3/c1-19-7-10-22(11-8-19)27-32-34-35(33-27)18-25(37)36(23-17-20(2)9-12-24(23)39-6)26(21-13-15-30-16-14-21)28(38)31-29(3,4)5/h7-17,26H,18H2,1-6H3,(H,31,38)/t26-/m0/s1. The minimum Gasteiger partial charge on any atom is -0.495 e. The number of amides is 2. The fraction of sp³-hybridized carbons (Fsp3) is 0.310. The van der Waals surface area contributed by atoms with Gasteiger partial charge in [-0.05, 0) is 75.2 Å². The van der Waals surface area contributed by atoms with Crippen molar-refractivity contribution in [3.05, 3.63) is 83.7 Å². The molecule has 202 valence electrons. The molecule has 2 aromatic heterocycles.